The third-order valence-electron chi connectivity index (χ3n) is 4.70. The molecule has 1 heterocycles. The van der Waals surface area contributed by atoms with Gasteiger partial charge in [0.2, 0.25) is 5.91 Å². The maximum atomic E-state index is 12.6. The highest BCUT2D eigenvalue weighted by Gasteiger charge is 2.31. The first kappa shape index (κ1) is 25.5. The molecule has 2 N–H and O–H groups in total. The third-order valence-corrected chi connectivity index (χ3v) is 6.57. The van der Waals surface area contributed by atoms with Gasteiger partial charge in [0.1, 0.15) is 4.32 Å². The summed E-state index contributed by atoms with van der Waals surface area (Å²) < 4.78 is 1.53. The zero-order valence-electron chi connectivity index (χ0n) is 17.3. The van der Waals surface area contributed by atoms with Crippen LogP contribution in [0.5, 0.6) is 0 Å². The van der Waals surface area contributed by atoms with Crippen LogP contribution in [0.25, 0.3) is 6.08 Å². The minimum Gasteiger partial charge on any atom is -0.481 e. The van der Waals surface area contributed by atoms with E-state index in [1.165, 1.54) is 11.8 Å². The first-order valence-corrected chi connectivity index (χ1v) is 12.4. The molecule has 0 radical (unpaired) electrons. The highest BCUT2D eigenvalue weighted by molar-refractivity contribution is 9.10. The first-order chi connectivity index (χ1) is 14.9. The Labute approximate surface area is 201 Å². The van der Waals surface area contributed by atoms with Gasteiger partial charge in [-0.05, 0) is 49.5 Å². The average molecular weight is 528 g/mol. The topological polar surface area (TPSA) is 86.7 Å². The van der Waals surface area contributed by atoms with Crippen LogP contribution in [0.1, 0.15) is 56.9 Å². The molecule has 0 atom stereocenters. The third kappa shape index (κ3) is 9.53. The summed E-state index contributed by atoms with van der Waals surface area (Å²) in [5.41, 5.74) is 0.947. The number of thiocarbonyl (C=S) groups is 1. The highest BCUT2D eigenvalue weighted by atomic mass is 79.9. The van der Waals surface area contributed by atoms with Crippen molar-refractivity contribution in [1.82, 2.24) is 10.2 Å². The molecule has 1 aromatic rings. The fourth-order valence-corrected chi connectivity index (χ4v) is 4.79. The molecule has 0 bridgehead atoms. The Morgan fingerprint density at radius 3 is 2.61 bits per heavy atom. The smallest absolute Gasteiger partial charge is 0.303 e. The number of carbonyl (C=O) groups is 3. The lowest BCUT2D eigenvalue weighted by Crippen LogP contribution is -2.29. The average Bonchev–Trinajstić information content (AvgIpc) is 2.97. The fourth-order valence-electron chi connectivity index (χ4n) is 3.07. The second-order valence-electron chi connectivity index (χ2n) is 7.25. The van der Waals surface area contributed by atoms with Crippen molar-refractivity contribution >= 4 is 68.1 Å². The van der Waals surface area contributed by atoms with E-state index in [4.69, 9.17) is 17.3 Å². The van der Waals surface area contributed by atoms with E-state index < -0.39 is 5.97 Å². The maximum absolute atomic E-state index is 12.6. The number of carboxylic acids is 1. The van der Waals surface area contributed by atoms with Gasteiger partial charge in [0.05, 0.1) is 4.91 Å². The van der Waals surface area contributed by atoms with E-state index in [0.717, 1.165) is 42.1 Å². The molecule has 1 aliphatic heterocycles. The Morgan fingerprint density at radius 1 is 1.13 bits per heavy atom. The number of benzene rings is 1. The highest BCUT2D eigenvalue weighted by Crippen LogP contribution is 2.33. The lowest BCUT2D eigenvalue weighted by atomic mass is 10.1. The molecule has 0 unspecified atom stereocenters. The molecule has 1 aliphatic rings. The molecule has 0 saturated carbocycles. The predicted octanol–water partition coefficient (Wildman–Crippen LogP) is 4.97. The van der Waals surface area contributed by atoms with Crippen LogP contribution in [0.15, 0.2) is 33.6 Å². The largest absolute Gasteiger partial charge is 0.481 e. The van der Waals surface area contributed by atoms with E-state index in [-0.39, 0.29) is 18.2 Å². The van der Waals surface area contributed by atoms with Gasteiger partial charge in [-0.3, -0.25) is 19.3 Å². The second kappa shape index (κ2) is 13.6. The Balaban J connectivity index is 1.62. The SMILES string of the molecule is O=C(O)CCCCCNC(=O)CCCCCN1C(=O)/C(=C/c2cccc(Br)c2)SC1=S. The number of rotatable bonds is 13. The van der Waals surface area contributed by atoms with E-state index in [1.54, 1.807) is 4.90 Å². The fraction of sp³-hybridized carbons (Fsp3) is 0.455. The van der Waals surface area contributed by atoms with Crippen molar-refractivity contribution in [2.75, 3.05) is 13.1 Å². The van der Waals surface area contributed by atoms with Crippen LogP contribution < -0.4 is 5.32 Å². The summed E-state index contributed by atoms with van der Waals surface area (Å²) in [6.07, 6.45) is 7.11. The van der Waals surface area contributed by atoms with Crippen LogP contribution in [0.4, 0.5) is 0 Å². The van der Waals surface area contributed by atoms with Crippen LogP contribution in [0.3, 0.4) is 0 Å². The van der Waals surface area contributed by atoms with E-state index in [2.05, 4.69) is 21.2 Å². The number of halogens is 1. The van der Waals surface area contributed by atoms with Gasteiger partial charge >= 0.3 is 5.97 Å². The van der Waals surface area contributed by atoms with Crippen molar-refractivity contribution in [3.8, 4) is 0 Å². The summed E-state index contributed by atoms with van der Waals surface area (Å²) in [5, 5.41) is 11.4. The molecule has 168 valence electrons. The van der Waals surface area contributed by atoms with Crippen molar-refractivity contribution < 1.29 is 19.5 Å². The van der Waals surface area contributed by atoms with Gasteiger partial charge in [0.25, 0.3) is 5.91 Å². The minimum absolute atomic E-state index is 0.0146. The molecule has 1 fully saturated rings. The molecule has 6 nitrogen and oxygen atoms in total. The molecule has 2 amide bonds. The quantitative estimate of drug-likeness (QED) is 0.214. The van der Waals surface area contributed by atoms with Crippen molar-refractivity contribution in [3.63, 3.8) is 0 Å². The molecule has 0 aliphatic carbocycles. The van der Waals surface area contributed by atoms with Gasteiger partial charge < -0.3 is 10.4 Å². The molecule has 2 rings (SSSR count). The number of amides is 2. The van der Waals surface area contributed by atoms with Gasteiger partial charge in [0.15, 0.2) is 0 Å². The van der Waals surface area contributed by atoms with Crippen LogP contribution in [0, 0.1) is 0 Å². The summed E-state index contributed by atoms with van der Waals surface area (Å²) in [6, 6.07) is 7.75. The number of carboxylic acid groups (broad SMARTS) is 1. The lowest BCUT2D eigenvalue weighted by molar-refractivity contribution is -0.137. The summed E-state index contributed by atoms with van der Waals surface area (Å²) in [5.74, 6) is -0.827. The molecular weight excluding hydrogens is 500 g/mol. The summed E-state index contributed by atoms with van der Waals surface area (Å²) in [7, 11) is 0. The van der Waals surface area contributed by atoms with Crippen LogP contribution >= 0.6 is 39.9 Å². The molecule has 9 heteroatoms. The molecule has 1 saturated heterocycles. The van der Waals surface area contributed by atoms with Crippen molar-refractivity contribution in [2.24, 2.45) is 0 Å². The van der Waals surface area contributed by atoms with Crippen LogP contribution in [-0.4, -0.2) is 45.2 Å². The number of carbonyl (C=O) groups excluding carboxylic acids is 2. The molecule has 0 aromatic heterocycles. The molecule has 31 heavy (non-hydrogen) atoms. The summed E-state index contributed by atoms with van der Waals surface area (Å²) in [6.45, 7) is 1.14. The molecular formula is C22H27BrN2O4S2. The van der Waals surface area contributed by atoms with E-state index in [1.807, 2.05) is 30.3 Å². The predicted molar refractivity (Wildman–Crippen MR) is 132 cm³/mol. The Bertz CT molecular complexity index is 845. The van der Waals surface area contributed by atoms with Crippen LogP contribution in [0.2, 0.25) is 0 Å². The Morgan fingerprint density at radius 2 is 1.87 bits per heavy atom. The zero-order chi connectivity index (χ0) is 22.6. The van der Waals surface area contributed by atoms with Crippen molar-refractivity contribution in [3.05, 3.63) is 39.2 Å². The molecule has 1 aromatic carbocycles. The van der Waals surface area contributed by atoms with Gasteiger partial charge in [-0.25, -0.2) is 0 Å². The normalized spacial score (nSPS) is 15.0. The molecule has 0 spiro atoms. The Hall–Kier alpha value is -1.71. The monoisotopic (exact) mass is 526 g/mol. The zero-order valence-corrected chi connectivity index (χ0v) is 20.5. The number of thioether (sulfide) groups is 1. The second-order valence-corrected chi connectivity index (χ2v) is 9.84. The summed E-state index contributed by atoms with van der Waals surface area (Å²) >= 11 is 10.1. The van der Waals surface area contributed by atoms with Gasteiger partial charge in [-0.1, -0.05) is 64.9 Å². The number of nitrogens with one attached hydrogen (secondary N) is 1. The summed E-state index contributed by atoms with van der Waals surface area (Å²) in [4.78, 5) is 37.2. The first-order valence-electron chi connectivity index (χ1n) is 10.4. The van der Waals surface area contributed by atoms with Crippen molar-refractivity contribution in [2.45, 2.75) is 51.4 Å². The number of unbranched alkanes of at least 4 members (excludes halogenated alkanes) is 4. The number of hydrogen-bond donors (Lipinski definition) is 2. The lowest BCUT2D eigenvalue weighted by Gasteiger charge is -2.14. The standard InChI is InChI=1S/C22H27BrN2O4S2/c23-17-9-7-8-16(14-17)15-18-21(29)25(22(30)31-18)13-6-2-3-10-19(26)24-12-5-1-4-11-20(27)28/h7-9,14-15H,1-6,10-13H2,(H,24,26)(H,27,28)/b18-15-. The Kier molecular flexibility index (Phi) is 11.2. The number of nitrogens with zero attached hydrogens (tertiary/aromatic N) is 1. The van der Waals surface area contributed by atoms with Gasteiger partial charge in [-0.15, -0.1) is 0 Å². The number of hydrogen-bond acceptors (Lipinski definition) is 5. The van der Waals surface area contributed by atoms with Gasteiger partial charge in [-0.2, -0.15) is 0 Å². The van der Waals surface area contributed by atoms with E-state index >= 15 is 0 Å². The maximum Gasteiger partial charge on any atom is 0.303 e. The van der Waals surface area contributed by atoms with E-state index in [9.17, 15) is 14.4 Å². The van der Waals surface area contributed by atoms with E-state index in [0.29, 0.717) is 35.2 Å². The number of aliphatic carboxylic acids is 1. The van der Waals surface area contributed by atoms with Crippen LogP contribution in [-0.2, 0) is 14.4 Å². The van der Waals surface area contributed by atoms with Crippen molar-refractivity contribution in [1.29, 1.82) is 0 Å². The van der Waals surface area contributed by atoms with Gasteiger partial charge in [0, 0.05) is 30.4 Å². The minimum atomic E-state index is -0.782.